The molecule has 0 aliphatic heterocycles. The number of rotatable bonds is 3. The molecule has 0 fully saturated rings. The summed E-state index contributed by atoms with van der Waals surface area (Å²) in [6.45, 7) is 4.74. The molecule has 298 valence electrons. The summed E-state index contributed by atoms with van der Waals surface area (Å²) < 4.78 is 0. The Kier molecular flexibility index (Phi) is 7.20. The molecule has 0 radical (unpaired) electrons. The van der Waals surface area contributed by atoms with Gasteiger partial charge in [-0.25, -0.2) is 0 Å². The van der Waals surface area contributed by atoms with Gasteiger partial charge in [-0.2, -0.15) is 0 Å². The molecule has 3 aliphatic rings. The van der Waals surface area contributed by atoms with Gasteiger partial charge in [-0.15, -0.1) is 0 Å². The first-order chi connectivity index (χ1) is 31.5. The zero-order chi connectivity index (χ0) is 42.3. The monoisotopic (exact) mass is 810 g/mol. The third kappa shape index (κ3) is 4.57. The second-order valence-corrected chi connectivity index (χ2v) is 18.7. The molecule has 11 aromatic rings. The van der Waals surface area contributed by atoms with Crippen molar-refractivity contribution in [2.24, 2.45) is 0 Å². The van der Waals surface area contributed by atoms with Crippen molar-refractivity contribution in [3.63, 3.8) is 0 Å². The van der Waals surface area contributed by atoms with E-state index in [4.69, 9.17) is 0 Å². The Labute approximate surface area is 373 Å². The van der Waals surface area contributed by atoms with Crippen LogP contribution >= 0.6 is 0 Å². The van der Waals surface area contributed by atoms with Crippen molar-refractivity contribution in [1.82, 2.24) is 0 Å². The van der Waals surface area contributed by atoms with Crippen molar-refractivity contribution < 1.29 is 0 Å². The van der Waals surface area contributed by atoms with Crippen LogP contribution < -0.4 is 0 Å². The predicted molar refractivity (Wildman–Crippen MR) is 269 cm³/mol. The van der Waals surface area contributed by atoms with Crippen molar-refractivity contribution >= 4 is 32.3 Å². The number of hydrogen-bond acceptors (Lipinski definition) is 0. The molecule has 0 saturated carbocycles. The summed E-state index contributed by atoms with van der Waals surface area (Å²) in [6.07, 6.45) is 0. The van der Waals surface area contributed by atoms with E-state index in [-0.39, 0.29) is 5.41 Å². The molecule has 0 atom stereocenters. The van der Waals surface area contributed by atoms with Crippen LogP contribution in [-0.2, 0) is 10.8 Å². The van der Waals surface area contributed by atoms with Gasteiger partial charge < -0.3 is 0 Å². The lowest BCUT2D eigenvalue weighted by molar-refractivity contribution is 0.660. The van der Waals surface area contributed by atoms with Crippen LogP contribution in [0.2, 0.25) is 0 Å². The van der Waals surface area contributed by atoms with Gasteiger partial charge in [-0.05, 0) is 151 Å². The van der Waals surface area contributed by atoms with Gasteiger partial charge in [0.15, 0.2) is 0 Å². The van der Waals surface area contributed by atoms with Gasteiger partial charge in [0.05, 0.1) is 5.41 Å². The summed E-state index contributed by atoms with van der Waals surface area (Å²) >= 11 is 0. The van der Waals surface area contributed by atoms with Crippen molar-refractivity contribution in [3.8, 4) is 66.8 Å². The molecular weight excluding hydrogens is 769 g/mol. The molecule has 0 aromatic heterocycles. The van der Waals surface area contributed by atoms with Gasteiger partial charge in [0.25, 0.3) is 0 Å². The van der Waals surface area contributed by atoms with E-state index in [2.05, 4.69) is 232 Å². The standard InChI is InChI=1S/C64H42/c1-63(2)55-26-11-7-22-48(55)53-37-41(32-35-56(53)63)62-51-24-6-5-23-50(51)61(52-34-30-40(36-54(52)62)44-25-15-17-39-16-3-4-18-43(39)44)42-31-33-49-47-21-10-14-29-59(47)64(60(49)38-42)57-27-12-8-19-45(57)46-20-9-13-28-58(46)64/h3-38H,1-2H3. The first-order valence-electron chi connectivity index (χ1n) is 22.7. The lowest BCUT2D eigenvalue weighted by Gasteiger charge is -2.31. The molecule has 0 N–H and O–H groups in total. The molecular formula is C64H42. The minimum Gasteiger partial charge on any atom is -0.0619 e. The highest BCUT2D eigenvalue weighted by atomic mass is 14.5. The molecule has 0 heterocycles. The van der Waals surface area contributed by atoms with E-state index >= 15 is 0 Å². The third-order valence-electron chi connectivity index (χ3n) is 15.3. The average molecular weight is 811 g/mol. The maximum absolute atomic E-state index is 2.56. The summed E-state index contributed by atoms with van der Waals surface area (Å²) in [5.41, 5.74) is 23.3. The van der Waals surface area contributed by atoms with Gasteiger partial charge in [0, 0.05) is 5.41 Å². The summed E-state index contributed by atoms with van der Waals surface area (Å²) in [6, 6.07) is 82.9. The van der Waals surface area contributed by atoms with Crippen molar-refractivity contribution in [1.29, 1.82) is 0 Å². The summed E-state index contributed by atoms with van der Waals surface area (Å²) in [5, 5.41) is 7.57. The molecule has 0 bridgehead atoms. The fourth-order valence-electron chi connectivity index (χ4n) is 12.6. The molecule has 0 amide bonds. The van der Waals surface area contributed by atoms with Gasteiger partial charge in [-0.3, -0.25) is 0 Å². The van der Waals surface area contributed by atoms with Crippen LogP contribution in [0.3, 0.4) is 0 Å². The van der Waals surface area contributed by atoms with Crippen LogP contribution in [0, 0.1) is 0 Å². The van der Waals surface area contributed by atoms with Crippen LogP contribution in [0.15, 0.2) is 218 Å². The fraction of sp³-hybridized carbons (Fsp3) is 0.0625. The smallest absolute Gasteiger partial charge is 0.0619 e. The second kappa shape index (κ2) is 12.9. The summed E-state index contributed by atoms with van der Waals surface area (Å²) in [7, 11) is 0. The van der Waals surface area contributed by atoms with Crippen molar-refractivity contribution in [2.45, 2.75) is 24.7 Å². The highest BCUT2D eigenvalue weighted by Gasteiger charge is 2.51. The summed E-state index contributed by atoms with van der Waals surface area (Å²) in [5.74, 6) is 0. The Morgan fingerprint density at radius 1 is 0.250 bits per heavy atom. The second-order valence-electron chi connectivity index (χ2n) is 18.7. The Hall–Kier alpha value is -7.80. The molecule has 64 heavy (non-hydrogen) atoms. The predicted octanol–water partition coefficient (Wildman–Crippen LogP) is 16.8. The molecule has 11 aromatic carbocycles. The topological polar surface area (TPSA) is 0 Å². The Bertz CT molecular complexity index is 3750. The first-order valence-corrected chi connectivity index (χ1v) is 22.7. The number of hydrogen-bond donors (Lipinski definition) is 0. The first kappa shape index (κ1) is 35.8. The Morgan fingerprint density at radius 2 is 0.688 bits per heavy atom. The molecule has 0 saturated heterocycles. The highest BCUT2D eigenvalue weighted by Crippen LogP contribution is 2.63. The lowest BCUT2D eigenvalue weighted by Crippen LogP contribution is -2.25. The van der Waals surface area contributed by atoms with Crippen LogP contribution in [0.1, 0.15) is 47.2 Å². The Balaban J connectivity index is 1.08. The molecule has 0 nitrogen and oxygen atoms in total. The van der Waals surface area contributed by atoms with Gasteiger partial charge in [0.2, 0.25) is 0 Å². The van der Waals surface area contributed by atoms with Crippen LogP contribution in [0.5, 0.6) is 0 Å². The van der Waals surface area contributed by atoms with E-state index in [1.165, 1.54) is 132 Å². The zero-order valence-electron chi connectivity index (χ0n) is 35.8. The van der Waals surface area contributed by atoms with Crippen molar-refractivity contribution in [2.75, 3.05) is 0 Å². The van der Waals surface area contributed by atoms with Gasteiger partial charge in [0.1, 0.15) is 0 Å². The maximum Gasteiger partial charge on any atom is 0.0725 e. The van der Waals surface area contributed by atoms with E-state index in [1.54, 1.807) is 0 Å². The van der Waals surface area contributed by atoms with E-state index in [0.717, 1.165) is 0 Å². The number of benzene rings is 11. The average Bonchev–Trinajstić information content (AvgIpc) is 3.91. The fourth-order valence-corrected chi connectivity index (χ4v) is 12.6. The minimum atomic E-state index is -0.420. The SMILES string of the molecule is CC1(C)c2ccccc2-c2cc(-c3c4ccccc4c(-c4ccc5c(c4)C4(c6ccccc6-c6ccccc64)c4ccccc4-5)c4ccc(-c5cccc6ccccc56)cc34)ccc21. The highest BCUT2D eigenvalue weighted by molar-refractivity contribution is 6.22. The molecule has 14 rings (SSSR count). The number of fused-ring (bicyclic) bond motifs is 16. The van der Waals surface area contributed by atoms with Gasteiger partial charge >= 0.3 is 0 Å². The maximum atomic E-state index is 2.56. The largest absolute Gasteiger partial charge is 0.0725 e. The van der Waals surface area contributed by atoms with E-state index < -0.39 is 5.41 Å². The van der Waals surface area contributed by atoms with Crippen LogP contribution in [0.4, 0.5) is 0 Å². The Morgan fingerprint density at radius 3 is 1.36 bits per heavy atom. The van der Waals surface area contributed by atoms with E-state index in [0.29, 0.717) is 0 Å². The van der Waals surface area contributed by atoms with Crippen molar-refractivity contribution in [3.05, 3.63) is 252 Å². The zero-order valence-corrected chi connectivity index (χ0v) is 35.8. The third-order valence-corrected chi connectivity index (χ3v) is 15.3. The van der Waals surface area contributed by atoms with Crippen LogP contribution in [0.25, 0.3) is 99.1 Å². The lowest BCUT2D eigenvalue weighted by atomic mass is 9.70. The summed E-state index contributed by atoms with van der Waals surface area (Å²) in [4.78, 5) is 0. The van der Waals surface area contributed by atoms with E-state index in [9.17, 15) is 0 Å². The molecule has 0 unspecified atom stereocenters. The molecule has 3 aliphatic carbocycles. The van der Waals surface area contributed by atoms with Crippen LogP contribution in [-0.4, -0.2) is 0 Å². The van der Waals surface area contributed by atoms with Gasteiger partial charge in [-0.1, -0.05) is 214 Å². The molecule has 0 heteroatoms. The quantitative estimate of drug-likeness (QED) is 0.156. The van der Waals surface area contributed by atoms with E-state index in [1.807, 2.05) is 0 Å². The minimum absolute atomic E-state index is 0.0646. The normalized spacial score (nSPS) is 14.3. The molecule has 1 spiro atoms.